The van der Waals surface area contributed by atoms with Gasteiger partial charge in [0.05, 0.1) is 17.0 Å². The molecule has 0 radical (unpaired) electrons. The van der Waals surface area contributed by atoms with Gasteiger partial charge in [-0.05, 0) is 60.7 Å². The molecule has 0 saturated heterocycles. The molecule has 2 N–H and O–H groups in total. The Morgan fingerprint density at radius 3 is 2.36 bits per heavy atom. The Labute approximate surface area is 196 Å². The number of anilines is 2. The molecule has 0 aliphatic heterocycles. The van der Waals surface area contributed by atoms with E-state index in [0.717, 1.165) is 10.5 Å². The van der Waals surface area contributed by atoms with Gasteiger partial charge in [0, 0.05) is 21.5 Å². The third-order valence-electron chi connectivity index (χ3n) is 4.49. The Hall–Kier alpha value is -3.56. The van der Waals surface area contributed by atoms with Gasteiger partial charge in [-0.25, -0.2) is 13.8 Å². The SMILES string of the molecule is O=C(CSc1ccc(NC(=O)c2ccccc2F)cc1)Nc1nc(-c2ccc(F)cc2)cs1. The van der Waals surface area contributed by atoms with Crippen LogP contribution >= 0.6 is 23.1 Å². The minimum absolute atomic E-state index is 0.0302. The lowest BCUT2D eigenvalue weighted by atomic mass is 10.2. The van der Waals surface area contributed by atoms with Gasteiger partial charge >= 0.3 is 0 Å². The molecule has 4 aromatic rings. The molecule has 9 heteroatoms. The van der Waals surface area contributed by atoms with E-state index in [1.807, 2.05) is 0 Å². The van der Waals surface area contributed by atoms with Crippen molar-refractivity contribution in [1.29, 1.82) is 0 Å². The smallest absolute Gasteiger partial charge is 0.258 e. The molecule has 0 aliphatic rings. The highest BCUT2D eigenvalue weighted by Gasteiger charge is 2.12. The summed E-state index contributed by atoms with van der Waals surface area (Å²) >= 11 is 2.62. The Morgan fingerprint density at radius 1 is 0.909 bits per heavy atom. The predicted molar refractivity (Wildman–Crippen MR) is 128 cm³/mol. The van der Waals surface area contributed by atoms with Crippen molar-refractivity contribution >= 4 is 45.7 Å². The summed E-state index contributed by atoms with van der Waals surface area (Å²) in [6.07, 6.45) is 0. The van der Waals surface area contributed by atoms with Crippen LogP contribution in [0.15, 0.2) is 83.1 Å². The lowest BCUT2D eigenvalue weighted by Gasteiger charge is -2.07. The van der Waals surface area contributed by atoms with Gasteiger partial charge < -0.3 is 10.6 Å². The van der Waals surface area contributed by atoms with Crippen LogP contribution in [0, 0.1) is 11.6 Å². The van der Waals surface area contributed by atoms with Crippen molar-refractivity contribution in [1.82, 2.24) is 4.98 Å². The average Bonchev–Trinajstić information content (AvgIpc) is 3.27. The zero-order chi connectivity index (χ0) is 23.2. The number of carbonyl (C=O) groups is 2. The van der Waals surface area contributed by atoms with Crippen LogP contribution in [0.25, 0.3) is 11.3 Å². The summed E-state index contributed by atoms with van der Waals surface area (Å²) in [4.78, 5) is 29.7. The number of halogens is 2. The molecule has 4 rings (SSSR count). The number of aromatic nitrogens is 1. The maximum Gasteiger partial charge on any atom is 0.258 e. The number of benzene rings is 3. The number of nitrogens with one attached hydrogen (secondary N) is 2. The molecule has 33 heavy (non-hydrogen) atoms. The van der Waals surface area contributed by atoms with Gasteiger partial charge in [-0.2, -0.15) is 0 Å². The first kappa shape index (κ1) is 22.6. The number of hydrogen-bond donors (Lipinski definition) is 2. The number of nitrogens with zero attached hydrogens (tertiary/aromatic N) is 1. The Bertz CT molecular complexity index is 1280. The molecule has 3 aromatic carbocycles. The minimum Gasteiger partial charge on any atom is -0.322 e. The molecule has 2 amide bonds. The lowest BCUT2D eigenvalue weighted by molar-refractivity contribution is -0.113. The highest BCUT2D eigenvalue weighted by Crippen LogP contribution is 2.26. The molecule has 1 aromatic heterocycles. The fourth-order valence-electron chi connectivity index (χ4n) is 2.87. The average molecular weight is 482 g/mol. The van der Waals surface area contributed by atoms with Gasteiger partial charge in [0.15, 0.2) is 5.13 Å². The van der Waals surface area contributed by atoms with Gasteiger partial charge in [0.2, 0.25) is 5.91 Å². The minimum atomic E-state index is -0.585. The number of thiazole rings is 1. The van der Waals surface area contributed by atoms with Crippen molar-refractivity contribution in [3.8, 4) is 11.3 Å². The number of rotatable bonds is 7. The summed E-state index contributed by atoms with van der Waals surface area (Å²) < 4.78 is 26.8. The van der Waals surface area contributed by atoms with Crippen LogP contribution in [0.3, 0.4) is 0 Å². The van der Waals surface area contributed by atoms with Gasteiger partial charge in [-0.15, -0.1) is 23.1 Å². The summed E-state index contributed by atoms with van der Waals surface area (Å²) in [5.41, 5.74) is 1.92. The fraction of sp³-hybridized carbons (Fsp3) is 0.0417. The van der Waals surface area contributed by atoms with Crippen molar-refractivity contribution in [2.45, 2.75) is 4.90 Å². The first-order chi connectivity index (χ1) is 16.0. The van der Waals surface area contributed by atoms with Crippen molar-refractivity contribution in [3.63, 3.8) is 0 Å². The molecule has 0 atom stereocenters. The second-order valence-electron chi connectivity index (χ2n) is 6.84. The van der Waals surface area contributed by atoms with Crippen LogP contribution in [0.5, 0.6) is 0 Å². The van der Waals surface area contributed by atoms with Gasteiger partial charge in [0.25, 0.3) is 5.91 Å². The molecular formula is C24H17F2N3O2S2. The van der Waals surface area contributed by atoms with Gasteiger partial charge in [-0.1, -0.05) is 12.1 Å². The van der Waals surface area contributed by atoms with E-state index in [0.29, 0.717) is 16.5 Å². The molecule has 166 valence electrons. The lowest BCUT2D eigenvalue weighted by Crippen LogP contribution is -2.14. The molecule has 0 spiro atoms. The molecule has 0 saturated carbocycles. The van der Waals surface area contributed by atoms with E-state index in [4.69, 9.17) is 0 Å². The second kappa shape index (κ2) is 10.4. The first-order valence-corrected chi connectivity index (χ1v) is 11.6. The third kappa shape index (κ3) is 6.03. The van der Waals surface area contributed by atoms with E-state index in [2.05, 4.69) is 15.6 Å². The molecule has 0 aliphatic carbocycles. The predicted octanol–water partition coefficient (Wildman–Crippen LogP) is 6.07. The summed E-state index contributed by atoms with van der Waals surface area (Å²) in [5, 5.41) is 7.66. The number of carbonyl (C=O) groups excluding carboxylic acids is 2. The summed E-state index contributed by atoms with van der Waals surface area (Å²) in [5.74, 6) is -1.47. The van der Waals surface area contributed by atoms with Crippen LogP contribution in [-0.4, -0.2) is 22.6 Å². The summed E-state index contributed by atoms with van der Waals surface area (Å²) in [7, 11) is 0. The Kier molecular flexibility index (Phi) is 7.11. The number of thioether (sulfide) groups is 1. The largest absolute Gasteiger partial charge is 0.322 e. The van der Waals surface area contributed by atoms with E-state index in [9.17, 15) is 18.4 Å². The molecule has 5 nitrogen and oxygen atoms in total. The summed E-state index contributed by atoms with van der Waals surface area (Å²) in [6.45, 7) is 0. The van der Waals surface area contributed by atoms with E-state index in [1.165, 1.54) is 53.4 Å². The Balaban J connectivity index is 1.28. The van der Waals surface area contributed by atoms with E-state index >= 15 is 0 Å². The van der Waals surface area contributed by atoms with Crippen molar-refractivity contribution < 1.29 is 18.4 Å². The number of hydrogen-bond acceptors (Lipinski definition) is 5. The van der Waals surface area contributed by atoms with Crippen LogP contribution in [0.1, 0.15) is 10.4 Å². The molecule has 0 bridgehead atoms. The highest BCUT2D eigenvalue weighted by molar-refractivity contribution is 8.00. The van der Waals surface area contributed by atoms with Crippen LogP contribution in [0.4, 0.5) is 19.6 Å². The highest BCUT2D eigenvalue weighted by atomic mass is 32.2. The van der Waals surface area contributed by atoms with Crippen LogP contribution < -0.4 is 10.6 Å². The Morgan fingerprint density at radius 2 is 1.64 bits per heavy atom. The van der Waals surface area contributed by atoms with E-state index in [-0.39, 0.29) is 23.0 Å². The third-order valence-corrected chi connectivity index (χ3v) is 6.26. The van der Waals surface area contributed by atoms with Crippen molar-refractivity contribution in [3.05, 3.63) is 95.4 Å². The zero-order valence-corrected chi connectivity index (χ0v) is 18.7. The monoisotopic (exact) mass is 481 g/mol. The molecule has 0 fully saturated rings. The molecular weight excluding hydrogens is 464 g/mol. The standard InChI is InChI=1S/C24H17F2N3O2S2/c25-16-7-5-15(6-8-16)21-13-33-24(28-21)29-22(30)14-32-18-11-9-17(10-12-18)27-23(31)19-3-1-2-4-20(19)26/h1-13H,14H2,(H,27,31)(H,28,29,30). The maximum atomic E-state index is 13.7. The molecule has 0 unspecified atom stereocenters. The zero-order valence-electron chi connectivity index (χ0n) is 17.0. The quantitative estimate of drug-likeness (QED) is 0.314. The van der Waals surface area contributed by atoms with E-state index < -0.39 is 11.7 Å². The van der Waals surface area contributed by atoms with Crippen molar-refractivity contribution in [2.24, 2.45) is 0 Å². The number of amides is 2. The van der Waals surface area contributed by atoms with Crippen LogP contribution in [-0.2, 0) is 4.79 Å². The summed E-state index contributed by atoms with van der Waals surface area (Å²) in [6, 6.07) is 18.7. The van der Waals surface area contributed by atoms with E-state index in [1.54, 1.807) is 47.8 Å². The van der Waals surface area contributed by atoms with Gasteiger partial charge in [0.1, 0.15) is 11.6 Å². The second-order valence-corrected chi connectivity index (χ2v) is 8.75. The normalized spacial score (nSPS) is 10.6. The topological polar surface area (TPSA) is 71.1 Å². The molecule has 1 heterocycles. The first-order valence-electron chi connectivity index (χ1n) is 9.78. The maximum absolute atomic E-state index is 13.7. The van der Waals surface area contributed by atoms with Gasteiger partial charge in [-0.3, -0.25) is 9.59 Å². The van der Waals surface area contributed by atoms with Crippen molar-refractivity contribution in [2.75, 3.05) is 16.4 Å². The van der Waals surface area contributed by atoms with Crippen LogP contribution in [0.2, 0.25) is 0 Å². The fourth-order valence-corrected chi connectivity index (χ4v) is 4.30.